The van der Waals surface area contributed by atoms with E-state index in [1.165, 1.54) is 5.56 Å². The van der Waals surface area contributed by atoms with Crippen molar-refractivity contribution < 1.29 is 0 Å². The highest BCUT2D eigenvalue weighted by Crippen LogP contribution is 2.48. The molecule has 2 aliphatic rings. The molecule has 0 unspecified atom stereocenters. The van der Waals surface area contributed by atoms with Gasteiger partial charge in [-0.1, -0.05) is 23.2 Å². The average molecular weight is 257 g/mol. The Kier molecular flexibility index (Phi) is 2.54. The van der Waals surface area contributed by atoms with Crippen LogP contribution in [0.5, 0.6) is 0 Å². The van der Waals surface area contributed by atoms with Crippen LogP contribution in [0.25, 0.3) is 0 Å². The highest BCUT2D eigenvalue weighted by Gasteiger charge is 2.42. The largest absolute Gasteiger partial charge is 0.383 e. The standard InChI is InChI=1S/C12H14Cl2N2/c13-8-1-2-9(14)11-10(8)12(7-16-11)3-5-15-6-4-12/h1-2,15-16H,3-7H2. The molecule has 1 aromatic rings. The molecular weight excluding hydrogens is 243 g/mol. The first-order chi connectivity index (χ1) is 7.73. The van der Waals surface area contributed by atoms with Crippen molar-refractivity contribution >= 4 is 28.9 Å². The van der Waals surface area contributed by atoms with E-state index in [1.807, 2.05) is 12.1 Å². The average Bonchev–Trinajstić information content (AvgIpc) is 2.66. The molecule has 0 bridgehead atoms. The lowest BCUT2D eigenvalue weighted by Crippen LogP contribution is -2.41. The number of halogens is 2. The number of piperidine rings is 1. The highest BCUT2D eigenvalue weighted by atomic mass is 35.5. The highest BCUT2D eigenvalue weighted by molar-refractivity contribution is 6.36. The molecule has 4 heteroatoms. The summed E-state index contributed by atoms with van der Waals surface area (Å²) in [6.45, 7) is 3.08. The van der Waals surface area contributed by atoms with Crippen molar-refractivity contribution in [1.82, 2.24) is 5.32 Å². The minimum atomic E-state index is 0.197. The normalized spacial score (nSPS) is 21.9. The van der Waals surface area contributed by atoms with Crippen molar-refractivity contribution in [3.8, 4) is 0 Å². The molecule has 0 radical (unpaired) electrons. The first-order valence-corrected chi connectivity index (χ1v) is 6.42. The molecule has 1 fully saturated rings. The van der Waals surface area contributed by atoms with Crippen molar-refractivity contribution in [3.63, 3.8) is 0 Å². The van der Waals surface area contributed by atoms with Gasteiger partial charge in [-0.15, -0.1) is 0 Å². The number of anilines is 1. The van der Waals surface area contributed by atoms with Gasteiger partial charge in [0.25, 0.3) is 0 Å². The summed E-state index contributed by atoms with van der Waals surface area (Å²) in [6.07, 6.45) is 2.26. The zero-order valence-electron chi connectivity index (χ0n) is 8.95. The molecule has 1 aromatic carbocycles. The second-order valence-corrected chi connectivity index (χ2v) is 5.48. The Morgan fingerprint density at radius 2 is 1.75 bits per heavy atom. The molecule has 0 aliphatic carbocycles. The van der Waals surface area contributed by atoms with Crippen molar-refractivity contribution in [2.45, 2.75) is 18.3 Å². The summed E-state index contributed by atoms with van der Waals surface area (Å²) in [5.74, 6) is 0. The van der Waals surface area contributed by atoms with Crippen LogP contribution in [0.1, 0.15) is 18.4 Å². The van der Waals surface area contributed by atoms with Crippen molar-refractivity contribution in [1.29, 1.82) is 0 Å². The second-order valence-electron chi connectivity index (χ2n) is 4.66. The summed E-state index contributed by atoms with van der Waals surface area (Å²) in [5, 5.41) is 8.46. The quantitative estimate of drug-likeness (QED) is 0.746. The fourth-order valence-corrected chi connectivity index (χ4v) is 3.50. The fourth-order valence-electron chi connectivity index (χ4n) is 2.92. The molecule has 86 valence electrons. The van der Waals surface area contributed by atoms with Gasteiger partial charge in [0.15, 0.2) is 0 Å². The molecule has 0 saturated carbocycles. The van der Waals surface area contributed by atoms with E-state index in [0.717, 1.165) is 48.2 Å². The summed E-state index contributed by atoms with van der Waals surface area (Å²) in [6, 6.07) is 3.79. The summed E-state index contributed by atoms with van der Waals surface area (Å²) < 4.78 is 0. The van der Waals surface area contributed by atoms with Gasteiger partial charge in [0.05, 0.1) is 10.7 Å². The number of hydrogen-bond acceptors (Lipinski definition) is 2. The van der Waals surface area contributed by atoms with E-state index >= 15 is 0 Å². The van der Waals surface area contributed by atoms with Gasteiger partial charge in [-0.3, -0.25) is 0 Å². The zero-order chi connectivity index (χ0) is 11.2. The molecule has 0 amide bonds. The van der Waals surface area contributed by atoms with E-state index in [-0.39, 0.29) is 5.41 Å². The first kappa shape index (κ1) is 10.7. The van der Waals surface area contributed by atoms with E-state index in [4.69, 9.17) is 23.2 Å². The molecule has 0 aromatic heterocycles. The third kappa shape index (κ3) is 1.44. The van der Waals surface area contributed by atoms with Crippen LogP contribution >= 0.6 is 23.2 Å². The molecule has 3 rings (SSSR count). The zero-order valence-corrected chi connectivity index (χ0v) is 10.5. The summed E-state index contributed by atoms with van der Waals surface area (Å²) in [5.41, 5.74) is 2.49. The molecule has 16 heavy (non-hydrogen) atoms. The van der Waals surface area contributed by atoms with Gasteiger partial charge in [-0.25, -0.2) is 0 Å². The van der Waals surface area contributed by atoms with Crippen LogP contribution in [-0.4, -0.2) is 19.6 Å². The molecule has 2 aliphatic heterocycles. The lowest BCUT2D eigenvalue weighted by atomic mass is 9.75. The fraction of sp³-hybridized carbons (Fsp3) is 0.500. The summed E-state index contributed by atoms with van der Waals surface area (Å²) in [4.78, 5) is 0. The van der Waals surface area contributed by atoms with Crippen molar-refractivity contribution in [2.75, 3.05) is 25.0 Å². The van der Waals surface area contributed by atoms with Crippen LogP contribution in [0.15, 0.2) is 12.1 Å². The first-order valence-electron chi connectivity index (χ1n) is 5.66. The third-order valence-electron chi connectivity index (χ3n) is 3.80. The van der Waals surface area contributed by atoms with Gasteiger partial charge >= 0.3 is 0 Å². The lowest BCUT2D eigenvalue weighted by molar-refractivity contribution is 0.335. The van der Waals surface area contributed by atoms with Gasteiger partial charge in [0.1, 0.15) is 0 Å². The Balaban J connectivity index is 2.13. The van der Waals surface area contributed by atoms with Crippen LogP contribution in [0, 0.1) is 0 Å². The minimum Gasteiger partial charge on any atom is -0.383 e. The summed E-state index contributed by atoms with van der Waals surface area (Å²) in [7, 11) is 0. The Hall–Kier alpha value is -0.440. The van der Waals surface area contributed by atoms with E-state index in [9.17, 15) is 0 Å². The van der Waals surface area contributed by atoms with Gasteiger partial charge in [0, 0.05) is 22.5 Å². The molecule has 1 saturated heterocycles. The van der Waals surface area contributed by atoms with E-state index < -0.39 is 0 Å². The predicted octanol–water partition coefficient (Wildman–Crippen LogP) is 3.04. The van der Waals surface area contributed by atoms with Gasteiger partial charge in [-0.2, -0.15) is 0 Å². The minimum absolute atomic E-state index is 0.197. The van der Waals surface area contributed by atoms with Crippen LogP contribution in [-0.2, 0) is 5.41 Å². The van der Waals surface area contributed by atoms with Crippen LogP contribution in [0.3, 0.4) is 0 Å². The molecule has 1 spiro atoms. The number of benzene rings is 1. The maximum Gasteiger partial charge on any atom is 0.0641 e. The Labute approximate surface area is 105 Å². The Morgan fingerprint density at radius 3 is 2.50 bits per heavy atom. The van der Waals surface area contributed by atoms with E-state index in [2.05, 4.69) is 10.6 Å². The summed E-state index contributed by atoms with van der Waals surface area (Å²) >= 11 is 12.6. The number of nitrogens with one attached hydrogen (secondary N) is 2. The lowest BCUT2D eigenvalue weighted by Gasteiger charge is -2.34. The van der Waals surface area contributed by atoms with Gasteiger partial charge < -0.3 is 10.6 Å². The molecule has 2 nitrogen and oxygen atoms in total. The molecule has 2 heterocycles. The molecule has 2 N–H and O–H groups in total. The van der Waals surface area contributed by atoms with Gasteiger partial charge in [-0.05, 0) is 38.1 Å². The Morgan fingerprint density at radius 1 is 1.06 bits per heavy atom. The maximum atomic E-state index is 6.35. The monoisotopic (exact) mass is 256 g/mol. The van der Waals surface area contributed by atoms with Gasteiger partial charge in [0.2, 0.25) is 0 Å². The Bertz CT molecular complexity index is 425. The number of hydrogen-bond donors (Lipinski definition) is 2. The molecular formula is C12H14Cl2N2. The molecule has 0 atom stereocenters. The smallest absolute Gasteiger partial charge is 0.0641 e. The SMILES string of the molecule is Clc1ccc(Cl)c2c1NCC21CCNCC1. The third-order valence-corrected chi connectivity index (χ3v) is 4.43. The van der Waals surface area contributed by atoms with Crippen LogP contribution < -0.4 is 10.6 Å². The second kappa shape index (κ2) is 3.80. The predicted molar refractivity (Wildman–Crippen MR) is 68.7 cm³/mol. The maximum absolute atomic E-state index is 6.35. The van der Waals surface area contributed by atoms with Crippen molar-refractivity contribution in [3.05, 3.63) is 27.7 Å². The van der Waals surface area contributed by atoms with Crippen LogP contribution in [0.4, 0.5) is 5.69 Å². The van der Waals surface area contributed by atoms with Crippen molar-refractivity contribution in [2.24, 2.45) is 0 Å². The topological polar surface area (TPSA) is 24.1 Å². The number of rotatable bonds is 0. The van der Waals surface area contributed by atoms with Crippen LogP contribution in [0.2, 0.25) is 10.0 Å². The van der Waals surface area contributed by atoms with E-state index in [0.29, 0.717) is 0 Å². The van der Waals surface area contributed by atoms with E-state index in [1.54, 1.807) is 0 Å². The number of fused-ring (bicyclic) bond motifs is 2.